The minimum Gasteiger partial charge on any atom is -0.353 e. The molecule has 3 aromatic carbocycles. The Morgan fingerprint density at radius 2 is 1.65 bits per heavy atom. The van der Waals surface area contributed by atoms with Gasteiger partial charge in [-0.15, -0.1) is 0 Å². The average molecular weight is 383 g/mol. The molecule has 1 aromatic heterocycles. The number of aryl methyl sites for hydroxylation is 1. The Morgan fingerprint density at radius 3 is 2.50 bits per heavy atom. The van der Waals surface area contributed by atoms with Gasteiger partial charge in [0.15, 0.2) is 0 Å². The van der Waals surface area contributed by atoms with Gasteiger partial charge in [-0.25, -0.2) is 0 Å². The summed E-state index contributed by atoms with van der Waals surface area (Å²) in [5, 5.41) is 4.73. The quantitative estimate of drug-likeness (QED) is 0.376. The first-order valence-electron chi connectivity index (χ1n) is 8.87. The molecule has 4 aromatic rings. The van der Waals surface area contributed by atoms with Crippen molar-refractivity contribution < 1.29 is 0 Å². The van der Waals surface area contributed by atoms with Crippen molar-refractivity contribution >= 4 is 44.9 Å². The molecule has 2 nitrogen and oxygen atoms in total. The summed E-state index contributed by atoms with van der Waals surface area (Å²) in [6, 6.07) is 18.8. The third kappa shape index (κ3) is 2.99. The zero-order chi connectivity index (χ0) is 18.1. The maximum atomic E-state index is 6.50. The second kappa shape index (κ2) is 7.32. The van der Waals surface area contributed by atoms with E-state index in [0.29, 0.717) is 16.6 Å². The SMILES string of the molecule is NCCCCc1c(-c2cccc3ccccc23)[nH]c2c(Cl)c(Cl)ccc12. The third-order valence-corrected chi connectivity index (χ3v) is 5.72. The molecule has 0 unspecified atom stereocenters. The molecule has 0 bridgehead atoms. The van der Waals surface area contributed by atoms with Crippen LogP contribution >= 0.6 is 23.2 Å². The highest BCUT2D eigenvalue weighted by atomic mass is 35.5. The first-order chi connectivity index (χ1) is 12.7. The molecule has 0 aliphatic heterocycles. The van der Waals surface area contributed by atoms with Gasteiger partial charge < -0.3 is 10.7 Å². The molecule has 0 amide bonds. The second-order valence-electron chi connectivity index (χ2n) is 6.53. The highest BCUT2D eigenvalue weighted by molar-refractivity contribution is 6.45. The van der Waals surface area contributed by atoms with E-state index in [-0.39, 0.29) is 0 Å². The van der Waals surface area contributed by atoms with E-state index in [1.165, 1.54) is 21.9 Å². The van der Waals surface area contributed by atoms with Crippen molar-refractivity contribution in [1.82, 2.24) is 4.98 Å². The van der Waals surface area contributed by atoms with Crippen LogP contribution in [0.2, 0.25) is 10.0 Å². The summed E-state index contributed by atoms with van der Waals surface area (Å²) < 4.78 is 0. The summed E-state index contributed by atoms with van der Waals surface area (Å²) >= 11 is 12.7. The van der Waals surface area contributed by atoms with Crippen molar-refractivity contribution in [3.63, 3.8) is 0 Å². The second-order valence-corrected chi connectivity index (χ2v) is 7.32. The van der Waals surface area contributed by atoms with E-state index < -0.39 is 0 Å². The minimum atomic E-state index is 0.568. The highest BCUT2D eigenvalue weighted by Gasteiger charge is 2.17. The Bertz CT molecular complexity index is 1080. The lowest BCUT2D eigenvalue weighted by molar-refractivity contribution is 0.748. The zero-order valence-corrected chi connectivity index (χ0v) is 15.9. The summed E-state index contributed by atoms with van der Waals surface area (Å²) in [6.07, 6.45) is 3.00. The lowest BCUT2D eigenvalue weighted by Crippen LogP contribution is -1.99. The van der Waals surface area contributed by atoms with Crippen LogP contribution in [0.4, 0.5) is 0 Å². The predicted molar refractivity (Wildman–Crippen MR) is 113 cm³/mol. The van der Waals surface area contributed by atoms with E-state index in [1.807, 2.05) is 6.07 Å². The summed E-state index contributed by atoms with van der Waals surface area (Å²) in [6.45, 7) is 0.707. The first-order valence-corrected chi connectivity index (χ1v) is 9.63. The molecule has 4 heteroatoms. The van der Waals surface area contributed by atoms with Crippen molar-refractivity contribution in [2.45, 2.75) is 19.3 Å². The van der Waals surface area contributed by atoms with Gasteiger partial charge in [-0.1, -0.05) is 71.7 Å². The van der Waals surface area contributed by atoms with Gasteiger partial charge in [0.05, 0.1) is 21.3 Å². The zero-order valence-electron chi connectivity index (χ0n) is 14.4. The van der Waals surface area contributed by atoms with Gasteiger partial charge in [0, 0.05) is 10.9 Å². The molecule has 0 spiro atoms. The number of halogens is 2. The Morgan fingerprint density at radius 1 is 0.846 bits per heavy atom. The summed E-state index contributed by atoms with van der Waals surface area (Å²) in [5.41, 5.74) is 10.2. The third-order valence-electron chi connectivity index (χ3n) is 4.91. The van der Waals surface area contributed by atoms with Crippen molar-refractivity contribution in [2.75, 3.05) is 6.54 Å². The summed E-state index contributed by atoms with van der Waals surface area (Å²) in [4.78, 5) is 3.56. The van der Waals surface area contributed by atoms with Crippen LogP contribution in [0.1, 0.15) is 18.4 Å². The minimum absolute atomic E-state index is 0.568. The highest BCUT2D eigenvalue weighted by Crippen LogP contribution is 2.39. The number of rotatable bonds is 5. The smallest absolute Gasteiger partial charge is 0.0833 e. The standard InChI is InChI=1S/C22H20Cl2N2/c23-19-12-11-18-17(9-3-4-13-25)21(26-22(18)20(19)24)16-10-5-7-14-6-1-2-8-15(14)16/h1-2,5-8,10-12,26H,3-4,9,13,25H2. The lowest BCUT2D eigenvalue weighted by Gasteiger charge is -2.09. The number of H-pyrrole nitrogens is 1. The van der Waals surface area contributed by atoms with E-state index in [9.17, 15) is 0 Å². The number of aromatic nitrogens is 1. The van der Waals surface area contributed by atoms with E-state index >= 15 is 0 Å². The Balaban J connectivity index is 1.98. The van der Waals surface area contributed by atoms with Crippen molar-refractivity contribution in [1.29, 1.82) is 0 Å². The molecule has 4 rings (SSSR count). The van der Waals surface area contributed by atoms with Crippen molar-refractivity contribution in [3.8, 4) is 11.3 Å². The van der Waals surface area contributed by atoms with Crippen LogP contribution in [0.3, 0.4) is 0 Å². The molecule has 0 saturated heterocycles. The molecule has 0 fully saturated rings. The fraction of sp³-hybridized carbons (Fsp3) is 0.182. The molecule has 0 aliphatic carbocycles. The topological polar surface area (TPSA) is 41.8 Å². The van der Waals surface area contributed by atoms with E-state index in [4.69, 9.17) is 28.9 Å². The van der Waals surface area contributed by atoms with Gasteiger partial charge in [-0.3, -0.25) is 0 Å². The van der Waals surface area contributed by atoms with Gasteiger partial charge >= 0.3 is 0 Å². The van der Waals surface area contributed by atoms with E-state index in [2.05, 4.69) is 53.5 Å². The van der Waals surface area contributed by atoms with Crippen LogP contribution in [0.25, 0.3) is 32.9 Å². The van der Waals surface area contributed by atoms with E-state index in [1.54, 1.807) is 0 Å². The number of hydrogen-bond donors (Lipinski definition) is 2. The molecule has 3 N–H and O–H groups in total. The number of unbranched alkanes of at least 4 members (excludes halogenated alkanes) is 1. The van der Waals surface area contributed by atoms with Crippen LogP contribution in [0, 0.1) is 0 Å². The number of nitrogens with one attached hydrogen (secondary N) is 1. The largest absolute Gasteiger partial charge is 0.353 e. The molecule has 0 atom stereocenters. The maximum absolute atomic E-state index is 6.50. The van der Waals surface area contributed by atoms with Gasteiger partial charge in [-0.2, -0.15) is 0 Å². The molecule has 132 valence electrons. The molecular weight excluding hydrogens is 363 g/mol. The molecule has 0 aliphatic rings. The molecule has 0 saturated carbocycles. The lowest BCUT2D eigenvalue weighted by atomic mass is 9.96. The Hall–Kier alpha value is -2.00. The molecule has 26 heavy (non-hydrogen) atoms. The van der Waals surface area contributed by atoms with Crippen molar-refractivity contribution in [3.05, 3.63) is 70.2 Å². The maximum Gasteiger partial charge on any atom is 0.0833 e. The van der Waals surface area contributed by atoms with Crippen LogP contribution in [-0.2, 0) is 6.42 Å². The predicted octanol–water partition coefficient (Wildman–Crippen LogP) is 6.58. The van der Waals surface area contributed by atoms with Crippen LogP contribution in [0.15, 0.2) is 54.6 Å². The first kappa shape index (κ1) is 17.4. The monoisotopic (exact) mass is 382 g/mol. The number of aromatic amines is 1. The fourth-order valence-electron chi connectivity index (χ4n) is 3.64. The normalized spacial score (nSPS) is 11.5. The molecule has 1 heterocycles. The molecular formula is C22H20Cl2N2. The fourth-order valence-corrected chi connectivity index (χ4v) is 4.01. The van der Waals surface area contributed by atoms with E-state index in [0.717, 1.165) is 35.9 Å². The summed E-state index contributed by atoms with van der Waals surface area (Å²) in [7, 11) is 0. The molecule has 0 radical (unpaired) electrons. The Labute approximate surface area is 162 Å². The number of benzene rings is 3. The van der Waals surface area contributed by atoms with Gasteiger partial charge in [0.1, 0.15) is 0 Å². The van der Waals surface area contributed by atoms with Gasteiger partial charge in [0.25, 0.3) is 0 Å². The summed E-state index contributed by atoms with van der Waals surface area (Å²) in [5.74, 6) is 0. The number of hydrogen-bond acceptors (Lipinski definition) is 1. The van der Waals surface area contributed by atoms with Crippen molar-refractivity contribution in [2.24, 2.45) is 5.73 Å². The van der Waals surface area contributed by atoms with Crippen LogP contribution < -0.4 is 5.73 Å². The number of fused-ring (bicyclic) bond motifs is 2. The van der Waals surface area contributed by atoms with Gasteiger partial charge in [-0.05, 0) is 48.2 Å². The van der Waals surface area contributed by atoms with Gasteiger partial charge in [0.2, 0.25) is 0 Å². The van der Waals surface area contributed by atoms with Crippen LogP contribution in [-0.4, -0.2) is 11.5 Å². The Kier molecular flexibility index (Phi) is 4.90. The average Bonchev–Trinajstić information content (AvgIpc) is 3.04. The number of nitrogens with two attached hydrogens (primary N) is 1. The van der Waals surface area contributed by atoms with Crippen LogP contribution in [0.5, 0.6) is 0 Å².